The van der Waals surface area contributed by atoms with Crippen LogP contribution in [0.5, 0.6) is 0 Å². The molecule has 0 saturated carbocycles. The third kappa shape index (κ3) is 3.77. The molecule has 0 N–H and O–H groups in total. The van der Waals surface area contributed by atoms with Gasteiger partial charge in [0, 0.05) is 68.5 Å². The van der Waals surface area contributed by atoms with Gasteiger partial charge in [-0.15, -0.1) is 0 Å². The Labute approximate surface area is 154 Å². The van der Waals surface area contributed by atoms with E-state index in [1.54, 1.807) is 6.33 Å². The van der Waals surface area contributed by atoms with E-state index in [9.17, 15) is 0 Å². The summed E-state index contributed by atoms with van der Waals surface area (Å²) in [6.07, 6.45) is 3.81. The van der Waals surface area contributed by atoms with Crippen molar-refractivity contribution < 1.29 is 4.74 Å². The summed E-state index contributed by atoms with van der Waals surface area (Å²) in [6.45, 7) is 9.34. The fourth-order valence-electron chi connectivity index (χ4n) is 3.74. The summed E-state index contributed by atoms with van der Waals surface area (Å²) in [6, 6.07) is 4.18. The van der Waals surface area contributed by atoms with Crippen molar-refractivity contribution in [3.63, 3.8) is 0 Å². The molecule has 0 unspecified atom stereocenters. The molecule has 138 valence electrons. The highest BCUT2D eigenvalue weighted by Gasteiger charge is 2.22. The average Bonchev–Trinajstić information content (AvgIpc) is 2.68. The fourth-order valence-corrected chi connectivity index (χ4v) is 3.74. The van der Waals surface area contributed by atoms with Crippen LogP contribution in [0.1, 0.15) is 35.8 Å². The quantitative estimate of drug-likeness (QED) is 0.836. The third-order valence-corrected chi connectivity index (χ3v) is 5.17. The first-order valence-electron chi connectivity index (χ1n) is 9.41. The van der Waals surface area contributed by atoms with Crippen molar-refractivity contribution in [1.29, 1.82) is 0 Å². The first-order valence-corrected chi connectivity index (χ1v) is 9.41. The molecule has 0 aromatic carbocycles. The maximum Gasteiger partial charge on any atom is 0.225 e. The lowest BCUT2D eigenvalue weighted by atomic mass is 9.96. The standard InChI is InChI=1S/C19H26N6O/c1-14-11-15(2)23-19(22-14)25-7-5-24(6-8-25)18-12-17(20-13-21-18)16-3-9-26-10-4-16/h11-13,16H,3-10H2,1-2H3. The van der Waals surface area contributed by atoms with E-state index in [1.807, 2.05) is 19.9 Å². The highest BCUT2D eigenvalue weighted by molar-refractivity contribution is 5.43. The maximum atomic E-state index is 5.47. The third-order valence-electron chi connectivity index (χ3n) is 5.17. The Hall–Kier alpha value is -2.28. The van der Waals surface area contributed by atoms with E-state index in [2.05, 4.69) is 35.8 Å². The fraction of sp³-hybridized carbons (Fsp3) is 0.579. The molecule has 7 heteroatoms. The largest absolute Gasteiger partial charge is 0.381 e. The second-order valence-electron chi connectivity index (χ2n) is 7.11. The van der Waals surface area contributed by atoms with Gasteiger partial charge in [0.1, 0.15) is 12.1 Å². The van der Waals surface area contributed by atoms with Crippen LogP contribution in [0.3, 0.4) is 0 Å². The predicted molar refractivity (Wildman–Crippen MR) is 101 cm³/mol. The van der Waals surface area contributed by atoms with Crippen LogP contribution in [-0.2, 0) is 4.74 Å². The lowest BCUT2D eigenvalue weighted by Crippen LogP contribution is -2.47. The molecule has 2 aliphatic heterocycles. The number of anilines is 2. The lowest BCUT2D eigenvalue weighted by Gasteiger charge is -2.35. The van der Waals surface area contributed by atoms with Gasteiger partial charge in [0.25, 0.3) is 0 Å². The molecule has 2 aromatic heterocycles. The van der Waals surface area contributed by atoms with Gasteiger partial charge < -0.3 is 14.5 Å². The molecular weight excluding hydrogens is 328 g/mol. The van der Waals surface area contributed by atoms with E-state index in [1.165, 1.54) is 0 Å². The molecule has 2 fully saturated rings. The number of piperazine rings is 1. The molecule has 2 aliphatic rings. The van der Waals surface area contributed by atoms with Crippen molar-refractivity contribution in [2.75, 3.05) is 49.2 Å². The van der Waals surface area contributed by atoms with Gasteiger partial charge >= 0.3 is 0 Å². The van der Waals surface area contributed by atoms with Crippen molar-refractivity contribution in [2.45, 2.75) is 32.6 Å². The van der Waals surface area contributed by atoms with Gasteiger partial charge in [-0.05, 0) is 32.8 Å². The number of aromatic nitrogens is 4. The van der Waals surface area contributed by atoms with Gasteiger partial charge in [-0.1, -0.05) is 0 Å². The molecule has 26 heavy (non-hydrogen) atoms. The highest BCUT2D eigenvalue weighted by atomic mass is 16.5. The molecule has 2 saturated heterocycles. The van der Waals surface area contributed by atoms with Gasteiger partial charge in [-0.2, -0.15) is 0 Å². The van der Waals surface area contributed by atoms with E-state index >= 15 is 0 Å². The number of rotatable bonds is 3. The Morgan fingerprint density at radius 1 is 0.885 bits per heavy atom. The first-order chi connectivity index (χ1) is 12.7. The first kappa shape index (κ1) is 17.1. The molecule has 4 rings (SSSR count). The normalized spacial score (nSPS) is 19.0. The molecule has 0 spiro atoms. The molecule has 0 atom stereocenters. The number of nitrogens with zero attached hydrogens (tertiary/aromatic N) is 6. The molecule has 0 aliphatic carbocycles. The Morgan fingerprint density at radius 2 is 1.54 bits per heavy atom. The van der Waals surface area contributed by atoms with E-state index in [4.69, 9.17) is 4.74 Å². The topological polar surface area (TPSA) is 67.3 Å². The Balaban J connectivity index is 1.43. The van der Waals surface area contributed by atoms with Crippen LogP contribution in [-0.4, -0.2) is 59.3 Å². The summed E-state index contributed by atoms with van der Waals surface area (Å²) in [5.74, 6) is 2.37. The smallest absolute Gasteiger partial charge is 0.225 e. The zero-order valence-corrected chi connectivity index (χ0v) is 15.6. The molecule has 2 aromatic rings. The van der Waals surface area contributed by atoms with Gasteiger partial charge in [-0.3, -0.25) is 0 Å². The van der Waals surface area contributed by atoms with Crippen molar-refractivity contribution >= 4 is 11.8 Å². The van der Waals surface area contributed by atoms with Crippen LogP contribution in [0.25, 0.3) is 0 Å². The van der Waals surface area contributed by atoms with Crippen LogP contribution in [0, 0.1) is 13.8 Å². The van der Waals surface area contributed by atoms with Gasteiger partial charge in [0.05, 0.1) is 0 Å². The van der Waals surface area contributed by atoms with Crippen LogP contribution in [0.2, 0.25) is 0 Å². The zero-order chi connectivity index (χ0) is 17.9. The minimum Gasteiger partial charge on any atom is -0.381 e. The van der Waals surface area contributed by atoms with Gasteiger partial charge in [0.2, 0.25) is 5.95 Å². The number of hydrogen-bond donors (Lipinski definition) is 0. The summed E-state index contributed by atoms with van der Waals surface area (Å²) in [5.41, 5.74) is 3.19. The van der Waals surface area contributed by atoms with E-state index in [0.29, 0.717) is 5.92 Å². The van der Waals surface area contributed by atoms with Crippen LogP contribution < -0.4 is 9.80 Å². The van der Waals surface area contributed by atoms with Gasteiger partial charge in [-0.25, -0.2) is 19.9 Å². The summed E-state index contributed by atoms with van der Waals surface area (Å²) >= 11 is 0. The second kappa shape index (κ2) is 7.53. The number of hydrogen-bond acceptors (Lipinski definition) is 7. The maximum absolute atomic E-state index is 5.47. The molecule has 7 nitrogen and oxygen atoms in total. The van der Waals surface area contributed by atoms with Crippen molar-refractivity contribution in [2.24, 2.45) is 0 Å². The highest BCUT2D eigenvalue weighted by Crippen LogP contribution is 2.27. The predicted octanol–water partition coefficient (Wildman–Crippen LogP) is 2.10. The van der Waals surface area contributed by atoms with Crippen LogP contribution in [0.15, 0.2) is 18.5 Å². The summed E-state index contributed by atoms with van der Waals surface area (Å²) in [7, 11) is 0. The Bertz CT molecular complexity index is 733. The number of ether oxygens (including phenoxy) is 1. The second-order valence-corrected chi connectivity index (χ2v) is 7.11. The SMILES string of the molecule is Cc1cc(C)nc(N2CCN(c3cc(C4CCOCC4)ncn3)CC2)n1. The minimum absolute atomic E-state index is 0.496. The monoisotopic (exact) mass is 354 g/mol. The van der Waals surface area contributed by atoms with Crippen molar-refractivity contribution in [3.8, 4) is 0 Å². The summed E-state index contributed by atoms with van der Waals surface area (Å²) in [4.78, 5) is 22.8. The van der Waals surface area contributed by atoms with Gasteiger partial charge in [0.15, 0.2) is 0 Å². The summed E-state index contributed by atoms with van der Waals surface area (Å²) in [5, 5.41) is 0. The number of aryl methyl sites for hydroxylation is 2. The Kier molecular flexibility index (Phi) is 4.97. The Morgan fingerprint density at radius 3 is 2.23 bits per heavy atom. The van der Waals surface area contributed by atoms with Crippen molar-refractivity contribution in [3.05, 3.63) is 35.5 Å². The van der Waals surface area contributed by atoms with E-state index in [-0.39, 0.29) is 0 Å². The molecule has 4 heterocycles. The molecular formula is C19H26N6O. The van der Waals surface area contributed by atoms with Crippen molar-refractivity contribution in [1.82, 2.24) is 19.9 Å². The van der Waals surface area contributed by atoms with E-state index in [0.717, 1.165) is 81.1 Å². The molecule has 0 amide bonds. The summed E-state index contributed by atoms with van der Waals surface area (Å²) < 4.78 is 5.47. The van der Waals surface area contributed by atoms with Crippen LogP contribution in [0.4, 0.5) is 11.8 Å². The minimum atomic E-state index is 0.496. The lowest BCUT2D eigenvalue weighted by molar-refractivity contribution is 0.0845. The molecule has 0 bridgehead atoms. The average molecular weight is 354 g/mol. The zero-order valence-electron chi connectivity index (χ0n) is 15.6. The molecule has 0 radical (unpaired) electrons. The van der Waals surface area contributed by atoms with E-state index < -0.39 is 0 Å². The van der Waals surface area contributed by atoms with Crippen LogP contribution >= 0.6 is 0 Å².